The zero-order valence-electron chi connectivity index (χ0n) is 9.77. The number of carbonyl (C=O) groups is 1. The van der Waals surface area contributed by atoms with E-state index in [0.29, 0.717) is 10.7 Å². The number of amides is 1. The number of halogens is 2. The fourth-order valence-electron chi connectivity index (χ4n) is 1.56. The summed E-state index contributed by atoms with van der Waals surface area (Å²) in [5, 5.41) is 2.96. The third-order valence-corrected chi connectivity index (χ3v) is 2.86. The van der Waals surface area contributed by atoms with Gasteiger partial charge in [-0.3, -0.25) is 9.59 Å². The Morgan fingerprint density at radius 2 is 1.89 bits per heavy atom. The fraction of sp³-hybridized carbons (Fsp3) is 0.0769. The van der Waals surface area contributed by atoms with Gasteiger partial charge < -0.3 is 9.88 Å². The highest BCUT2D eigenvalue weighted by atomic mass is 35.5. The standard InChI is InChI=1S/C13H10Cl2N2O2/c14-9-6-11(15)13(19)17(7-9)8-12(18)16-10-4-2-1-3-5-10/h1-7H,8H2,(H,16,18). The SMILES string of the molecule is O=C(Cn1cc(Cl)cc(Cl)c1=O)Nc1ccccc1. The Morgan fingerprint density at radius 1 is 1.21 bits per heavy atom. The molecule has 0 radical (unpaired) electrons. The zero-order valence-corrected chi connectivity index (χ0v) is 11.3. The topological polar surface area (TPSA) is 51.1 Å². The first-order chi connectivity index (χ1) is 9.06. The Kier molecular flexibility index (Phi) is 4.24. The van der Waals surface area contributed by atoms with Gasteiger partial charge in [0.15, 0.2) is 0 Å². The van der Waals surface area contributed by atoms with Gasteiger partial charge in [0, 0.05) is 11.9 Å². The molecular weight excluding hydrogens is 287 g/mol. The van der Waals surface area contributed by atoms with E-state index >= 15 is 0 Å². The predicted octanol–water partition coefficient (Wildman–Crippen LogP) is 2.79. The van der Waals surface area contributed by atoms with Gasteiger partial charge in [0.2, 0.25) is 5.91 Å². The molecule has 0 aliphatic carbocycles. The molecule has 2 rings (SSSR count). The third kappa shape index (κ3) is 3.59. The summed E-state index contributed by atoms with van der Waals surface area (Å²) in [5.74, 6) is -0.327. The van der Waals surface area contributed by atoms with Gasteiger partial charge >= 0.3 is 0 Å². The lowest BCUT2D eigenvalue weighted by Gasteiger charge is -2.08. The first kappa shape index (κ1) is 13.6. The monoisotopic (exact) mass is 296 g/mol. The van der Waals surface area contributed by atoms with E-state index in [1.54, 1.807) is 24.3 Å². The number of nitrogens with zero attached hydrogens (tertiary/aromatic N) is 1. The number of carbonyl (C=O) groups excluding carboxylic acids is 1. The summed E-state index contributed by atoms with van der Waals surface area (Å²) >= 11 is 11.5. The fourth-order valence-corrected chi connectivity index (χ4v) is 2.07. The highest BCUT2D eigenvalue weighted by Crippen LogP contribution is 2.11. The van der Waals surface area contributed by atoms with Gasteiger partial charge in [-0.2, -0.15) is 0 Å². The number of nitrogens with one attached hydrogen (secondary N) is 1. The van der Waals surface area contributed by atoms with Crippen molar-refractivity contribution in [2.45, 2.75) is 6.54 Å². The van der Waals surface area contributed by atoms with Crippen molar-refractivity contribution in [3.05, 3.63) is 63.0 Å². The number of anilines is 1. The van der Waals surface area contributed by atoms with Crippen LogP contribution in [-0.4, -0.2) is 10.5 Å². The van der Waals surface area contributed by atoms with Crippen molar-refractivity contribution >= 4 is 34.8 Å². The number of pyridine rings is 1. The van der Waals surface area contributed by atoms with Gasteiger partial charge in [-0.1, -0.05) is 41.4 Å². The number of benzene rings is 1. The van der Waals surface area contributed by atoms with E-state index in [9.17, 15) is 9.59 Å². The molecule has 0 spiro atoms. The second kappa shape index (κ2) is 5.91. The number of hydrogen-bond donors (Lipinski definition) is 1. The smallest absolute Gasteiger partial charge is 0.269 e. The second-order valence-electron chi connectivity index (χ2n) is 3.85. The Hall–Kier alpha value is -1.78. The molecule has 1 heterocycles. The molecule has 1 aromatic carbocycles. The van der Waals surface area contributed by atoms with Crippen LogP contribution in [0.25, 0.3) is 0 Å². The van der Waals surface area contributed by atoms with Crippen LogP contribution in [0.2, 0.25) is 10.0 Å². The first-order valence-corrected chi connectivity index (χ1v) is 6.22. The normalized spacial score (nSPS) is 10.2. The zero-order chi connectivity index (χ0) is 13.8. The third-order valence-electron chi connectivity index (χ3n) is 2.38. The molecule has 0 saturated heterocycles. The number of hydrogen-bond acceptors (Lipinski definition) is 2. The van der Waals surface area contributed by atoms with Crippen molar-refractivity contribution < 1.29 is 4.79 Å². The van der Waals surface area contributed by atoms with E-state index < -0.39 is 5.56 Å². The molecule has 1 aromatic heterocycles. The number of aromatic nitrogens is 1. The average Bonchev–Trinajstić information content (AvgIpc) is 2.36. The maximum absolute atomic E-state index is 11.8. The first-order valence-electron chi connectivity index (χ1n) is 5.46. The predicted molar refractivity (Wildman–Crippen MR) is 75.8 cm³/mol. The van der Waals surface area contributed by atoms with Gasteiger partial charge in [-0.15, -0.1) is 0 Å². The van der Waals surface area contributed by atoms with Crippen LogP contribution in [0.1, 0.15) is 0 Å². The van der Waals surface area contributed by atoms with E-state index in [-0.39, 0.29) is 17.5 Å². The Balaban J connectivity index is 2.14. The van der Waals surface area contributed by atoms with Crippen LogP contribution in [0.5, 0.6) is 0 Å². The summed E-state index contributed by atoms with van der Waals surface area (Å²) in [6, 6.07) is 10.3. The molecule has 2 aromatic rings. The van der Waals surface area contributed by atoms with E-state index in [2.05, 4.69) is 5.32 Å². The molecule has 6 heteroatoms. The molecule has 1 N–H and O–H groups in total. The summed E-state index contributed by atoms with van der Waals surface area (Å²) in [4.78, 5) is 23.5. The van der Waals surface area contributed by atoms with E-state index in [0.717, 1.165) is 0 Å². The molecule has 0 unspecified atom stereocenters. The van der Waals surface area contributed by atoms with Gasteiger partial charge in [0.25, 0.3) is 5.56 Å². The molecule has 0 bridgehead atoms. The highest BCUT2D eigenvalue weighted by Gasteiger charge is 2.08. The Labute approximate surface area is 119 Å². The highest BCUT2D eigenvalue weighted by molar-refractivity contribution is 6.34. The van der Waals surface area contributed by atoms with Gasteiger partial charge in [-0.05, 0) is 18.2 Å². The van der Waals surface area contributed by atoms with Crippen LogP contribution in [-0.2, 0) is 11.3 Å². The summed E-state index contributed by atoms with van der Waals surface area (Å²) in [6.45, 7) is -0.145. The minimum atomic E-state index is -0.450. The van der Waals surface area contributed by atoms with Crippen LogP contribution < -0.4 is 10.9 Å². The summed E-state index contributed by atoms with van der Waals surface area (Å²) < 4.78 is 1.17. The maximum atomic E-state index is 11.8. The minimum Gasteiger partial charge on any atom is -0.325 e. The van der Waals surface area contributed by atoms with Crippen molar-refractivity contribution in [3.8, 4) is 0 Å². The van der Waals surface area contributed by atoms with Crippen molar-refractivity contribution in [1.29, 1.82) is 0 Å². The van der Waals surface area contributed by atoms with Crippen LogP contribution in [0.3, 0.4) is 0 Å². The van der Waals surface area contributed by atoms with E-state index in [1.165, 1.54) is 16.8 Å². The van der Waals surface area contributed by atoms with Crippen LogP contribution in [0.15, 0.2) is 47.4 Å². The summed E-state index contributed by atoms with van der Waals surface area (Å²) in [7, 11) is 0. The lowest BCUT2D eigenvalue weighted by molar-refractivity contribution is -0.116. The van der Waals surface area contributed by atoms with Crippen LogP contribution in [0, 0.1) is 0 Å². The molecule has 0 fully saturated rings. The second-order valence-corrected chi connectivity index (χ2v) is 4.70. The molecule has 1 amide bonds. The minimum absolute atomic E-state index is 0.0139. The molecule has 0 aliphatic rings. The van der Waals surface area contributed by atoms with Crippen molar-refractivity contribution in [3.63, 3.8) is 0 Å². The Bertz CT molecular complexity index is 653. The van der Waals surface area contributed by atoms with Crippen LogP contribution in [0.4, 0.5) is 5.69 Å². The summed E-state index contributed by atoms with van der Waals surface area (Å²) in [5.41, 5.74) is 0.211. The number of para-hydroxylation sites is 1. The van der Waals surface area contributed by atoms with Crippen molar-refractivity contribution in [2.24, 2.45) is 0 Å². The molecule has 19 heavy (non-hydrogen) atoms. The molecule has 0 saturated carbocycles. The largest absolute Gasteiger partial charge is 0.325 e. The lowest BCUT2D eigenvalue weighted by atomic mass is 10.3. The van der Waals surface area contributed by atoms with Crippen LogP contribution >= 0.6 is 23.2 Å². The van der Waals surface area contributed by atoms with Gasteiger partial charge in [0.05, 0.1) is 5.02 Å². The van der Waals surface area contributed by atoms with Crippen molar-refractivity contribution in [2.75, 3.05) is 5.32 Å². The average molecular weight is 297 g/mol. The van der Waals surface area contributed by atoms with Crippen molar-refractivity contribution in [1.82, 2.24) is 4.57 Å². The molecular formula is C13H10Cl2N2O2. The molecule has 0 atom stereocenters. The maximum Gasteiger partial charge on any atom is 0.269 e. The Morgan fingerprint density at radius 3 is 2.58 bits per heavy atom. The molecule has 0 aliphatic heterocycles. The number of rotatable bonds is 3. The molecule has 4 nitrogen and oxygen atoms in total. The van der Waals surface area contributed by atoms with E-state index in [4.69, 9.17) is 23.2 Å². The van der Waals surface area contributed by atoms with Gasteiger partial charge in [0.1, 0.15) is 11.6 Å². The quantitative estimate of drug-likeness (QED) is 0.947. The summed E-state index contributed by atoms with van der Waals surface area (Å²) in [6.07, 6.45) is 1.38. The van der Waals surface area contributed by atoms with Gasteiger partial charge in [-0.25, -0.2) is 0 Å². The molecule has 98 valence electrons. The lowest BCUT2D eigenvalue weighted by Crippen LogP contribution is -2.27. The van der Waals surface area contributed by atoms with E-state index in [1.807, 2.05) is 6.07 Å².